The summed E-state index contributed by atoms with van der Waals surface area (Å²) in [5, 5.41) is 0. The van der Waals surface area contributed by atoms with Crippen molar-refractivity contribution < 1.29 is 4.39 Å². The second-order valence-corrected chi connectivity index (χ2v) is 3.44. The predicted octanol–water partition coefficient (Wildman–Crippen LogP) is 1.80. The second-order valence-electron chi connectivity index (χ2n) is 2.59. The standard InChI is InChI=1S/C8H9BrFN3/c1-4-2-6(10)7(3-5(4)9)13-8(11)12/h2-3H,1H3,(H4,11,12,13). The van der Waals surface area contributed by atoms with E-state index in [1.54, 1.807) is 6.92 Å². The van der Waals surface area contributed by atoms with Crippen LogP contribution >= 0.6 is 15.9 Å². The van der Waals surface area contributed by atoms with E-state index < -0.39 is 5.82 Å². The maximum atomic E-state index is 13.2. The highest BCUT2D eigenvalue weighted by Crippen LogP contribution is 2.25. The maximum Gasteiger partial charge on any atom is 0.191 e. The summed E-state index contributed by atoms with van der Waals surface area (Å²) in [7, 11) is 0. The molecule has 0 aromatic heterocycles. The van der Waals surface area contributed by atoms with Crippen molar-refractivity contribution in [2.24, 2.45) is 16.5 Å². The molecule has 0 aliphatic rings. The van der Waals surface area contributed by atoms with E-state index in [4.69, 9.17) is 11.5 Å². The number of nitrogens with zero attached hydrogens (tertiary/aromatic N) is 1. The molecule has 0 fully saturated rings. The summed E-state index contributed by atoms with van der Waals surface area (Å²) in [6, 6.07) is 2.90. The third-order valence-corrected chi connectivity index (χ3v) is 2.33. The van der Waals surface area contributed by atoms with Crippen molar-refractivity contribution in [3.8, 4) is 0 Å². The number of halogens is 2. The van der Waals surface area contributed by atoms with Gasteiger partial charge in [0.1, 0.15) is 11.5 Å². The first kappa shape index (κ1) is 9.98. The number of nitrogens with two attached hydrogens (primary N) is 2. The Morgan fingerprint density at radius 3 is 2.62 bits per heavy atom. The van der Waals surface area contributed by atoms with E-state index in [1.807, 2.05) is 0 Å². The first-order chi connectivity index (χ1) is 6.00. The van der Waals surface area contributed by atoms with E-state index in [0.29, 0.717) is 0 Å². The molecule has 0 aliphatic carbocycles. The van der Waals surface area contributed by atoms with Crippen LogP contribution in [0.15, 0.2) is 21.6 Å². The Kier molecular flexibility index (Phi) is 2.87. The average Bonchev–Trinajstić information content (AvgIpc) is 1.99. The van der Waals surface area contributed by atoms with Crippen molar-refractivity contribution in [3.63, 3.8) is 0 Å². The lowest BCUT2D eigenvalue weighted by molar-refractivity contribution is 0.628. The lowest BCUT2D eigenvalue weighted by atomic mass is 10.2. The van der Waals surface area contributed by atoms with E-state index in [2.05, 4.69) is 20.9 Å². The molecule has 1 aromatic rings. The van der Waals surface area contributed by atoms with Crippen LogP contribution < -0.4 is 11.5 Å². The molecule has 0 unspecified atom stereocenters. The molecular formula is C8H9BrFN3. The zero-order valence-electron chi connectivity index (χ0n) is 7.01. The van der Waals surface area contributed by atoms with Gasteiger partial charge in [0.25, 0.3) is 0 Å². The fourth-order valence-corrected chi connectivity index (χ4v) is 1.19. The van der Waals surface area contributed by atoms with Crippen LogP contribution in [0.1, 0.15) is 5.56 Å². The summed E-state index contributed by atoms with van der Waals surface area (Å²) in [6.45, 7) is 1.78. The fraction of sp³-hybridized carbons (Fsp3) is 0.125. The van der Waals surface area contributed by atoms with Gasteiger partial charge in [0.15, 0.2) is 5.96 Å². The highest BCUT2D eigenvalue weighted by Gasteiger charge is 2.04. The summed E-state index contributed by atoms with van der Waals surface area (Å²) >= 11 is 3.25. The van der Waals surface area contributed by atoms with Gasteiger partial charge in [0, 0.05) is 4.47 Å². The molecule has 13 heavy (non-hydrogen) atoms. The van der Waals surface area contributed by atoms with Crippen LogP contribution in [0, 0.1) is 12.7 Å². The molecule has 1 aromatic carbocycles. The van der Waals surface area contributed by atoms with Crippen LogP contribution in [0.2, 0.25) is 0 Å². The van der Waals surface area contributed by atoms with Crippen LogP contribution in [0.25, 0.3) is 0 Å². The van der Waals surface area contributed by atoms with Gasteiger partial charge >= 0.3 is 0 Å². The first-order valence-corrected chi connectivity index (χ1v) is 4.35. The van der Waals surface area contributed by atoms with Gasteiger partial charge in [-0.25, -0.2) is 9.38 Å². The highest BCUT2D eigenvalue weighted by atomic mass is 79.9. The summed E-state index contributed by atoms with van der Waals surface area (Å²) in [5.41, 5.74) is 11.2. The van der Waals surface area contributed by atoms with Gasteiger partial charge < -0.3 is 11.5 Å². The number of aliphatic imine (C=N–C) groups is 1. The van der Waals surface area contributed by atoms with Gasteiger partial charge in [-0.2, -0.15) is 0 Å². The SMILES string of the molecule is Cc1cc(F)c(N=C(N)N)cc1Br. The Hall–Kier alpha value is -1.10. The van der Waals surface area contributed by atoms with Gasteiger partial charge in [-0.3, -0.25) is 0 Å². The Labute approximate surface area is 83.8 Å². The average molecular weight is 246 g/mol. The molecule has 0 amide bonds. The monoisotopic (exact) mass is 245 g/mol. The quantitative estimate of drug-likeness (QED) is 0.586. The van der Waals surface area contributed by atoms with Gasteiger partial charge in [0.05, 0.1) is 0 Å². The minimum atomic E-state index is -0.436. The Bertz CT molecular complexity index is 359. The fourth-order valence-electron chi connectivity index (χ4n) is 0.861. The summed E-state index contributed by atoms with van der Waals surface area (Å²) in [5.74, 6) is -0.594. The van der Waals surface area contributed by atoms with E-state index in [1.165, 1.54) is 12.1 Å². The molecular weight excluding hydrogens is 237 g/mol. The van der Waals surface area contributed by atoms with Crippen molar-refractivity contribution >= 4 is 27.6 Å². The van der Waals surface area contributed by atoms with Crippen LogP contribution in [0.5, 0.6) is 0 Å². The molecule has 0 saturated heterocycles. The topological polar surface area (TPSA) is 64.4 Å². The third kappa shape index (κ3) is 2.42. The minimum absolute atomic E-state index is 0.137. The zero-order valence-corrected chi connectivity index (χ0v) is 8.60. The number of guanidine groups is 1. The molecule has 0 heterocycles. The first-order valence-electron chi connectivity index (χ1n) is 3.56. The van der Waals surface area contributed by atoms with Crippen LogP contribution in [-0.4, -0.2) is 5.96 Å². The third-order valence-electron chi connectivity index (χ3n) is 1.48. The van der Waals surface area contributed by atoms with Crippen molar-refractivity contribution in [2.75, 3.05) is 0 Å². The molecule has 3 nitrogen and oxygen atoms in total. The summed E-state index contributed by atoms with van der Waals surface area (Å²) < 4.78 is 13.9. The van der Waals surface area contributed by atoms with E-state index in [0.717, 1.165) is 10.0 Å². The zero-order chi connectivity index (χ0) is 10.0. The molecule has 4 N–H and O–H groups in total. The Morgan fingerprint density at radius 1 is 1.46 bits per heavy atom. The van der Waals surface area contributed by atoms with Gasteiger partial charge in [-0.15, -0.1) is 0 Å². The minimum Gasteiger partial charge on any atom is -0.370 e. The van der Waals surface area contributed by atoms with Crippen molar-refractivity contribution in [1.82, 2.24) is 0 Å². The second kappa shape index (κ2) is 3.74. The Balaban J connectivity index is 3.24. The maximum absolute atomic E-state index is 13.2. The van der Waals surface area contributed by atoms with E-state index in [9.17, 15) is 4.39 Å². The number of hydrogen-bond acceptors (Lipinski definition) is 1. The lowest BCUT2D eigenvalue weighted by Gasteiger charge is -2.01. The number of aryl methyl sites for hydroxylation is 1. The summed E-state index contributed by atoms with van der Waals surface area (Å²) in [4.78, 5) is 3.63. The van der Waals surface area contributed by atoms with Gasteiger partial charge in [0.2, 0.25) is 0 Å². The predicted molar refractivity (Wildman–Crippen MR) is 54.3 cm³/mol. The van der Waals surface area contributed by atoms with Crippen LogP contribution in [0.4, 0.5) is 10.1 Å². The summed E-state index contributed by atoms with van der Waals surface area (Å²) in [6.07, 6.45) is 0. The van der Waals surface area contributed by atoms with Gasteiger partial charge in [-0.05, 0) is 24.6 Å². The van der Waals surface area contributed by atoms with Crippen molar-refractivity contribution in [3.05, 3.63) is 28.0 Å². The van der Waals surface area contributed by atoms with E-state index in [-0.39, 0.29) is 11.6 Å². The molecule has 1 rings (SSSR count). The molecule has 0 radical (unpaired) electrons. The Morgan fingerprint density at radius 2 is 2.08 bits per heavy atom. The highest BCUT2D eigenvalue weighted by molar-refractivity contribution is 9.10. The molecule has 70 valence electrons. The molecule has 0 saturated carbocycles. The van der Waals surface area contributed by atoms with Crippen LogP contribution in [-0.2, 0) is 0 Å². The van der Waals surface area contributed by atoms with Crippen molar-refractivity contribution in [2.45, 2.75) is 6.92 Å². The molecule has 0 spiro atoms. The lowest BCUT2D eigenvalue weighted by Crippen LogP contribution is -2.22. The van der Waals surface area contributed by atoms with Crippen LogP contribution in [0.3, 0.4) is 0 Å². The smallest absolute Gasteiger partial charge is 0.191 e. The molecule has 0 aliphatic heterocycles. The van der Waals surface area contributed by atoms with Gasteiger partial charge in [-0.1, -0.05) is 15.9 Å². The largest absolute Gasteiger partial charge is 0.370 e. The van der Waals surface area contributed by atoms with Crippen molar-refractivity contribution in [1.29, 1.82) is 0 Å². The number of benzene rings is 1. The van der Waals surface area contributed by atoms with E-state index >= 15 is 0 Å². The molecule has 0 bridgehead atoms. The molecule has 0 atom stereocenters. The number of hydrogen-bond donors (Lipinski definition) is 2. The normalized spacial score (nSPS) is 9.77. The molecule has 5 heteroatoms. The number of rotatable bonds is 1.